The minimum Gasteiger partial charge on any atom is -0.471 e. The Morgan fingerprint density at radius 3 is 2.69 bits per heavy atom. The second-order valence-corrected chi connectivity index (χ2v) is 3.91. The maximum Gasteiger partial charge on any atom is 0.272 e. The lowest BCUT2D eigenvalue weighted by Crippen LogP contribution is -2.08. The SMILES string of the molecule is FC(F)COc1ncc(Br)cc1Br. The third kappa shape index (κ3) is 3.56. The van der Waals surface area contributed by atoms with Crippen LogP contribution in [0.2, 0.25) is 0 Å². The van der Waals surface area contributed by atoms with Crippen LogP contribution in [0.4, 0.5) is 8.78 Å². The molecule has 1 rings (SSSR count). The standard InChI is InChI=1S/C7H5Br2F2NO/c8-4-1-5(9)7(12-2-4)13-3-6(10)11/h1-2,6H,3H2. The lowest BCUT2D eigenvalue weighted by atomic mass is 10.5. The van der Waals surface area contributed by atoms with Gasteiger partial charge >= 0.3 is 0 Å². The van der Waals surface area contributed by atoms with E-state index >= 15 is 0 Å². The molecule has 0 spiro atoms. The van der Waals surface area contributed by atoms with Crippen molar-refractivity contribution in [2.24, 2.45) is 0 Å². The van der Waals surface area contributed by atoms with E-state index in [-0.39, 0.29) is 5.88 Å². The van der Waals surface area contributed by atoms with Gasteiger partial charge in [0.15, 0.2) is 6.61 Å². The fourth-order valence-electron chi connectivity index (χ4n) is 0.650. The van der Waals surface area contributed by atoms with E-state index < -0.39 is 13.0 Å². The maximum absolute atomic E-state index is 11.8. The number of halogens is 4. The van der Waals surface area contributed by atoms with Crippen LogP contribution in [0.25, 0.3) is 0 Å². The van der Waals surface area contributed by atoms with Crippen molar-refractivity contribution in [3.63, 3.8) is 0 Å². The largest absolute Gasteiger partial charge is 0.471 e. The highest BCUT2D eigenvalue weighted by atomic mass is 79.9. The molecule has 0 atom stereocenters. The molecule has 0 radical (unpaired) electrons. The summed E-state index contributed by atoms with van der Waals surface area (Å²) in [4.78, 5) is 3.80. The highest BCUT2D eigenvalue weighted by molar-refractivity contribution is 9.11. The Morgan fingerprint density at radius 1 is 1.46 bits per heavy atom. The molecule has 2 nitrogen and oxygen atoms in total. The average molecular weight is 317 g/mol. The van der Waals surface area contributed by atoms with E-state index in [2.05, 4.69) is 36.8 Å². The van der Waals surface area contributed by atoms with E-state index in [1.165, 1.54) is 6.20 Å². The first-order valence-corrected chi connectivity index (χ1v) is 4.90. The molecule has 72 valence electrons. The zero-order chi connectivity index (χ0) is 9.84. The van der Waals surface area contributed by atoms with Crippen LogP contribution in [-0.2, 0) is 0 Å². The minimum atomic E-state index is -2.49. The van der Waals surface area contributed by atoms with Crippen LogP contribution in [-0.4, -0.2) is 18.0 Å². The Labute approximate surface area is 90.6 Å². The number of rotatable bonds is 3. The van der Waals surface area contributed by atoms with Crippen LogP contribution in [0.5, 0.6) is 5.88 Å². The molecule has 1 aromatic heterocycles. The Morgan fingerprint density at radius 2 is 2.15 bits per heavy atom. The number of nitrogens with zero attached hydrogens (tertiary/aromatic N) is 1. The van der Waals surface area contributed by atoms with Crippen LogP contribution in [0.1, 0.15) is 0 Å². The van der Waals surface area contributed by atoms with Gasteiger partial charge in [-0.15, -0.1) is 0 Å². The van der Waals surface area contributed by atoms with E-state index in [1.807, 2.05) is 0 Å². The van der Waals surface area contributed by atoms with Crippen molar-refractivity contribution in [2.75, 3.05) is 6.61 Å². The average Bonchev–Trinajstić information content (AvgIpc) is 2.02. The number of hydrogen-bond acceptors (Lipinski definition) is 2. The van der Waals surface area contributed by atoms with E-state index in [0.717, 1.165) is 4.47 Å². The number of alkyl halides is 2. The fourth-order valence-corrected chi connectivity index (χ4v) is 1.75. The zero-order valence-corrected chi connectivity index (χ0v) is 9.48. The summed E-state index contributed by atoms with van der Waals surface area (Å²) in [5.41, 5.74) is 0. The van der Waals surface area contributed by atoms with E-state index in [4.69, 9.17) is 4.74 Å². The summed E-state index contributed by atoms with van der Waals surface area (Å²) < 4.78 is 29.5. The van der Waals surface area contributed by atoms with Crippen molar-refractivity contribution in [1.82, 2.24) is 4.98 Å². The molecule has 0 saturated carbocycles. The summed E-state index contributed by atoms with van der Waals surface area (Å²) in [6, 6.07) is 1.67. The van der Waals surface area contributed by atoms with E-state index in [1.54, 1.807) is 6.07 Å². The van der Waals surface area contributed by atoms with Crippen LogP contribution < -0.4 is 4.74 Å². The van der Waals surface area contributed by atoms with Crippen molar-refractivity contribution >= 4 is 31.9 Å². The van der Waals surface area contributed by atoms with Crippen molar-refractivity contribution in [3.8, 4) is 5.88 Å². The van der Waals surface area contributed by atoms with Gasteiger partial charge in [0.05, 0.1) is 4.47 Å². The first-order valence-electron chi connectivity index (χ1n) is 3.31. The lowest BCUT2D eigenvalue weighted by molar-refractivity contribution is 0.0791. The second-order valence-electron chi connectivity index (χ2n) is 2.14. The highest BCUT2D eigenvalue weighted by Gasteiger charge is 2.07. The van der Waals surface area contributed by atoms with Crippen molar-refractivity contribution in [1.29, 1.82) is 0 Å². The molecule has 6 heteroatoms. The van der Waals surface area contributed by atoms with Gasteiger partial charge in [0.1, 0.15) is 0 Å². The number of pyridine rings is 1. The summed E-state index contributed by atoms with van der Waals surface area (Å²) in [6.07, 6.45) is -1.01. The summed E-state index contributed by atoms with van der Waals surface area (Å²) >= 11 is 6.31. The Kier molecular flexibility index (Phi) is 4.05. The normalized spacial score (nSPS) is 10.5. The third-order valence-corrected chi connectivity index (χ3v) is 2.12. The summed E-state index contributed by atoms with van der Waals surface area (Å²) in [7, 11) is 0. The zero-order valence-electron chi connectivity index (χ0n) is 6.31. The van der Waals surface area contributed by atoms with Crippen molar-refractivity contribution in [2.45, 2.75) is 6.43 Å². The molecule has 0 saturated heterocycles. The second kappa shape index (κ2) is 4.85. The molecule has 0 aliphatic heterocycles. The molecule has 1 heterocycles. The quantitative estimate of drug-likeness (QED) is 0.854. The first-order chi connectivity index (χ1) is 6.09. The van der Waals surface area contributed by atoms with Gasteiger partial charge in [-0.1, -0.05) is 0 Å². The van der Waals surface area contributed by atoms with Crippen LogP contribution in [0.15, 0.2) is 21.2 Å². The van der Waals surface area contributed by atoms with Gasteiger partial charge < -0.3 is 4.74 Å². The Bertz CT molecular complexity index is 296. The monoisotopic (exact) mass is 315 g/mol. The van der Waals surface area contributed by atoms with Crippen LogP contribution >= 0.6 is 31.9 Å². The minimum absolute atomic E-state index is 0.170. The smallest absolute Gasteiger partial charge is 0.272 e. The molecule has 0 N–H and O–H groups in total. The van der Waals surface area contributed by atoms with Gasteiger partial charge in [0.25, 0.3) is 6.43 Å². The molecule has 0 aromatic carbocycles. The predicted octanol–water partition coefficient (Wildman–Crippen LogP) is 3.25. The molecular formula is C7H5Br2F2NO. The predicted molar refractivity (Wildman–Crippen MR) is 51.1 cm³/mol. The molecule has 0 bridgehead atoms. The summed E-state index contributed by atoms with van der Waals surface area (Å²) in [5, 5.41) is 0. The van der Waals surface area contributed by atoms with Gasteiger partial charge in [-0.05, 0) is 37.9 Å². The number of ether oxygens (including phenoxy) is 1. The number of hydrogen-bond donors (Lipinski definition) is 0. The van der Waals surface area contributed by atoms with Crippen LogP contribution in [0.3, 0.4) is 0 Å². The molecule has 0 unspecified atom stereocenters. The fraction of sp³-hybridized carbons (Fsp3) is 0.286. The molecule has 0 fully saturated rings. The van der Waals surface area contributed by atoms with Crippen molar-refractivity contribution in [3.05, 3.63) is 21.2 Å². The van der Waals surface area contributed by atoms with Gasteiger partial charge in [-0.25, -0.2) is 13.8 Å². The van der Waals surface area contributed by atoms with E-state index in [9.17, 15) is 8.78 Å². The van der Waals surface area contributed by atoms with E-state index in [0.29, 0.717) is 4.47 Å². The molecule has 0 aliphatic rings. The van der Waals surface area contributed by atoms with Gasteiger partial charge in [0, 0.05) is 10.7 Å². The Hall–Kier alpha value is -0.230. The summed E-state index contributed by atoms with van der Waals surface area (Å²) in [5.74, 6) is 0.170. The lowest BCUT2D eigenvalue weighted by Gasteiger charge is -2.05. The van der Waals surface area contributed by atoms with Gasteiger partial charge in [-0.2, -0.15) is 0 Å². The molecule has 1 aromatic rings. The van der Waals surface area contributed by atoms with Gasteiger partial charge in [-0.3, -0.25) is 0 Å². The summed E-state index contributed by atoms with van der Waals surface area (Å²) in [6.45, 7) is -0.646. The first kappa shape index (κ1) is 10.8. The molecule has 0 amide bonds. The maximum atomic E-state index is 11.8. The van der Waals surface area contributed by atoms with Crippen molar-refractivity contribution < 1.29 is 13.5 Å². The topological polar surface area (TPSA) is 22.1 Å². The highest BCUT2D eigenvalue weighted by Crippen LogP contribution is 2.25. The number of aromatic nitrogens is 1. The Balaban J connectivity index is 2.67. The molecule has 13 heavy (non-hydrogen) atoms. The van der Waals surface area contributed by atoms with Crippen LogP contribution in [0, 0.1) is 0 Å². The molecular weight excluding hydrogens is 312 g/mol. The molecule has 0 aliphatic carbocycles. The van der Waals surface area contributed by atoms with Gasteiger partial charge in [0.2, 0.25) is 5.88 Å². The third-order valence-electron chi connectivity index (χ3n) is 1.12.